The molecule has 9 heavy (non-hydrogen) atoms. The summed E-state index contributed by atoms with van der Waals surface area (Å²) in [5, 5.41) is 2.82. The number of hydrogen-bond donors (Lipinski definition) is 1. The molecule has 0 radical (unpaired) electrons. The fourth-order valence-electron chi connectivity index (χ4n) is 0.485. The summed E-state index contributed by atoms with van der Waals surface area (Å²) in [5.41, 5.74) is 0. The first-order valence-electron chi connectivity index (χ1n) is 3.15. The van der Waals surface area contributed by atoms with E-state index >= 15 is 0 Å². The molecule has 1 N–H and O–H groups in total. The van der Waals surface area contributed by atoms with Crippen molar-refractivity contribution in [3.05, 3.63) is 0 Å². The molecule has 0 spiro atoms. The van der Waals surface area contributed by atoms with E-state index < -0.39 is 5.92 Å². The van der Waals surface area contributed by atoms with Crippen LogP contribution in [0.4, 0.5) is 8.78 Å². The van der Waals surface area contributed by atoms with Gasteiger partial charge >= 0.3 is 0 Å². The zero-order valence-corrected chi connectivity index (χ0v) is 5.88. The van der Waals surface area contributed by atoms with Gasteiger partial charge in [0.25, 0.3) is 0 Å². The second-order valence-electron chi connectivity index (χ2n) is 2.17. The molecule has 0 aliphatic carbocycles. The van der Waals surface area contributed by atoms with Gasteiger partial charge in [-0.3, -0.25) is 0 Å². The van der Waals surface area contributed by atoms with E-state index in [0.29, 0.717) is 6.54 Å². The Bertz CT molecular complexity index is 67.9. The highest BCUT2D eigenvalue weighted by Crippen LogP contribution is 2.14. The molecule has 0 amide bonds. The molecule has 0 atom stereocenters. The SMILES string of the molecule is CCNCCC(C)(F)F. The van der Waals surface area contributed by atoms with Gasteiger partial charge in [-0.1, -0.05) is 6.92 Å². The maximum absolute atomic E-state index is 12.0. The van der Waals surface area contributed by atoms with Crippen LogP contribution in [0.25, 0.3) is 0 Å². The molecule has 0 aromatic carbocycles. The van der Waals surface area contributed by atoms with Gasteiger partial charge in [0, 0.05) is 13.0 Å². The van der Waals surface area contributed by atoms with Crippen molar-refractivity contribution in [1.82, 2.24) is 5.32 Å². The van der Waals surface area contributed by atoms with Gasteiger partial charge in [0.05, 0.1) is 0 Å². The highest BCUT2D eigenvalue weighted by Gasteiger charge is 2.19. The summed E-state index contributed by atoms with van der Waals surface area (Å²) >= 11 is 0. The Labute approximate surface area is 54.4 Å². The lowest BCUT2D eigenvalue weighted by atomic mass is 10.3. The first kappa shape index (κ1) is 8.82. The van der Waals surface area contributed by atoms with Crippen molar-refractivity contribution >= 4 is 0 Å². The molecule has 0 aliphatic heterocycles. The number of nitrogens with one attached hydrogen (secondary N) is 1. The third-order valence-electron chi connectivity index (χ3n) is 0.991. The molecule has 3 heteroatoms. The van der Waals surface area contributed by atoms with Gasteiger partial charge in [-0.2, -0.15) is 0 Å². The van der Waals surface area contributed by atoms with E-state index in [-0.39, 0.29) is 6.42 Å². The summed E-state index contributed by atoms with van der Waals surface area (Å²) in [5.74, 6) is -2.51. The Morgan fingerprint density at radius 3 is 2.33 bits per heavy atom. The average Bonchev–Trinajstić information content (AvgIpc) is 1.63. The number of alkyl halides is 2. The summed E-state index contributed by atoms with van der Waals surface area (Å²) in [6.07, 6.45) is -0.0686. The molecule has 0 aromatic heterocycles. The van der Waals surface area contributed by atoms with E-state index in [4.69, 9.17) is 0 Å². The third kappa shape index (κ3) is 7.82. The van der Waals surface area contributed by atoms with Crippen molar-refractivity contribution in [1.29, 1.82) is 0 Å². The molecular formula is C6H13F2N. The monoisotopic (exact) mass is 137 g/mol. The van der Waals surface area contributed by atoms with Gasteiger partial charge in [0.2, 0.25) is 5.92 Å². The van der Waals surface area contributed by atoms with Crippen molar-refractivity contribution in [2.45, 2.75) is 26.2 Å². The number of hydrogen-bond acceptors (Lipinski definition) is 1. The van der Waals surface area contributed by atoms with Gasteiger partial charge in [-0.25, -0.2) is 8.78 Å². The molecule has 0 rings (SSSR count). The van der Waals surface area contributed by atoms with E-state index in [9.17, 15) is 8.78 Å². The largest absolute Gasteiger partial charge is 0.317 e. The first-order valence-corrected chi connectivity index (χ1v) is 3.15. The van der Waals surface area contributed by atoms with Gasteiger partial charge in [-0.15, -0.1) is 0 Å². The van der Waals surface area contributed by atoms with E-state index in [0.717, 1.165) is 13.5 Å². The Kier molecular flexibility index (Phi) is 3.70. The highest BCUT2D eigenvalue weighted by molar-refractivity contribution is 4.58. The van der Waals surface area contributed by atoms with Crippen molar-refractivity contribution in [3.63, 3.8) is 0 Å². The first-order chi connectivity index (χ1) is 4.06. The lowest BCUT2D eigenvalue weighted by molar-refractivity contribution is 0.0136. The second-order valence-corrected chi connectivity index (χ2v) is 2.17. The smallest absolute Gasteiger partial charge is 0.246 e. The maximum Gasteiger partial charge on any atom is 0.246 e. The Morgan fingerprint density at radius 1 is 1.44 bits per heavy atom. The van der Waals surface area contributed by atoms with Crippen LogP contribution in [0.1, 0.15) is 20.3 Å². The minimum absolute atomic E-state index is 0.0686. The Balaban J connectivity index is 3.07. The molecule has 0 saturated heterocycles. The van der Waals surface area contributed by atoms with Gasteiger partial charge < -0.3 is 5.32 Å². The van der Waals surface area contributed by atoms with Crippen molar-refractivity contribution < 1.29 is 8.78 Å². The van der Waals surface area contributed by atoms with Crippen LogP contribution in [0, 0.1) is 0 Å². The Morgan fingerprint density at radius 2 is 2.00 bits per heavy atom. The summed E-state index contributed by atoms with van der Waals surface area (Å²) in [4.78, 5) is 0. The fourth-order valence-corrected chi connectivity index (χ4v) is 0.485. The summed E-state index contributed by atoms with van der Waals surface area (Å²) in [7, 11) is 0. The predicted molar refractivity (Wildman–Crippen MR) is 33.8 cm³/mol. The van der Waals surface area contributed by atoms with Crippen LogP contribution in [-0.4, -0.2) is 19.0 Å². The summed E-state index contributed by atoms with van der Waals surface area (Å²) in [6, 6.07) is 0. The van der Waals surface area contributed by atoms with Gasteiger partial charge in [0.1, 0.15) is 0 Å². The molecule has 1 nitrogen and oxygen atoms in total. The van der Waals surface area contributed by atoms with Crippen molar-refractivity contribution in [2.75, 3.05) is 13.1 Å². The number of halogens is 2. The molecular weight excluding hydrogens is 124 g/mol. The van der Waals surface area contributed by atoms with Gasteiger partial charge in [0.15, 0.2) is 0 Å². The van der Waals surface area contributed by atoms with E-state index in [1.165, 1.54) is 0 Å². The molecule has 56 valence electrons. The van der Waals surface area contributed by atoms with Crippen LogP contribution >= 0.6 is 0 Å². The molecule has 0 aliphatic rings. The Hall–Kier alpha value is -0.180. The van der Waals surface area contributed by atoms with Crippen LogP contribution in [0.3, 0.4) is 0 Å². The van der Waals surface area contributed by atoms with Crippen LogP contribution in [0.5, 0.6) is 0 Å². The van der Waals surface area contributed by atoms with E-state index in [1.54, 1.807) is 0 Å². The zero-order chi connectivity index (χ0) is 7.33. The molecule has 0 saturated carbocycles. The molecule has 0 fully saturated rings. The number of rotatable bonds is 4. The molecule has 0 heterocycles. The maximum atomic E-state index is 12.0. The summed E-state index contributed by atoms with van der Waals surface area (Å²) in [6.45, 7) is 3.99. The summed E-state index contributed by atoms with van der Waals surface area (Å²) < 4.78 is 24.0. The minimum atomic E-state index is -2.51. The standard InChI is InChI=1S/C6H13F2N/c1-3-9-5-4-6(2,7)8/h9H,3-5H2,1-2H3. The highest BCUT2D eigenvalue weighted by atomic mass is 19.3. The van der Waals surface area contributed by atoms with E-state index in [2.05, 4.69) is 5.32 Å². The van der Waals surface area contributed by atoms with Crippen molar-refractivity contribution in [2.24, 2.45) is 0 Å². The van der Waals surface area contributed by atoms with E-state index in [1.807, 2.05) is 6.92 Å². The molecule has 0 aromatic rings. The van der Waals surface area contributed by atoms with Gasteiger partial charge in [-0.05, 0) is 13.5 Å². The second kappa shape index (κ2) is 3.77. The fraction of sp³-hybridized carbons (Fsp3) is 1.00. The topological polar surface area (TPSA) is 12.0 Å². The van der Waals surface area contributed by atoms with Crippen molar-refractivity contribution in [3.8, 4) is 0 Å². The van der Waals surface area contributed by atoms with Crippen LogP contribution in [0.2, 0.25) is 0 Å². The van der Waals surface area contributed by atoms with Crippen LogP contribution < -0.4 is 5.32 Å². The molecule has 0 bridgehead atoms. The lowest BCUT2D eigenvalue weighted by Gasteiger charge is -2.08. The van der Waals surface area contributed by atoms with Crippen LogP contribution in [-0.2, 0) is 0 Å². The molecule has 0 unspecified atom stereocenters. The lowest BCUT2D eigenvalue weighted by Crippen LogP contribution is -2.21. The predicted octanol–water partition coefficient (Wildman–Crippen LogP) is 1.64. The zero-order valence-electron chi connectivity index (χ0n) is 5.88. The normalized spacial score (nSPS) is 12.0. The average molecular weight is 137 g/mol. The van der Waals surface area contributed by atoms with Crippen LogP contribution in [0.15, 0.2) is 0 Å². The quantitative estimate of drug-likeness (QED) is 0.581. The third-order valence-corrected chi connectivity index (χ3v) is 0.991. The minimum Gasteiger partial charge on any atom is -0.317 e.